The molecule has 0 radical (unpaired) electrons. The highest BCUT2D eigenvalue weighted by Crippen LogP contribution is 2.37. The first-order chi connectivity index (χ1) is 16.2. The van der Waals surface area contributed by atoms with Gasteiger partial charge >= 0.3 is 0 Å². The molecule has 0 spiro atoms. The summed E-state index contributed by atoms with van der Waals surface area (Å²) in [4.78, 5) is 12.7. The summed E-state index contributed by atoms with van der Waals surface area (Å²) in [6.07, 6.45) is 1.02. The van der Waals surface area contributed by atoms with Crippen molar-refractivity contribution in [2.45, 2.75) is 23.3 Å². The molecule has 0 unspecified atom stereocenters. The number of hydrogen-bond donors (Lipinski definition) is 1. The number of ether oxygens (including phenoxy) is 1. The molecule has 0 saturated carbocycles. The van der Waals surface area contributed by atoms with Gasteiger partial charge in [0.25, 0.3) is 5.91 Å². The van der Waals surface area contributed by atoms with E-state index in [4.69, 9.17) is 16.3 Å². The Morgan fingerprint density at radius 3 is 2.38 bits per heavy atom. The standard InChI is InChI=1S/C25H24ClFN2O4S/c1-33-25(19-7-3-2-4-8-19)12-14-29(15-13-25)34(31,32)21-9-5-6-18(16-21)24(30)28-20-10-11-23(27)22(26)17-20/h2-11,16-17H,12-15H2,1H3,(H,28,30). The number of benzene rings is 3. The first kappa shape index (κ1) is 24.3. The molecule has 0 aliphatic carbocycles. The summed E-state index contributed by atoms with van der Waals surface area (Å²) in [6, 6.07) is 19.4. The van der Waals surface area contributed by atoms with Crippen LogP contribution in [0.1, 0.15) is 28.8 Å². The number of carbonyl (C=O) groups excluding carboxylic acids is 1. The number of methoxy groups -OCH3 is 1. The highest BCUT2D eigenvalue weighted by atomic mass is 35.5. The number of carbonyl (C=O) groups is 1. The molecule has 3 aromatic carbocycles. The number of hydrogen-bond acceptors (Lipinski definition) is 4. The van der Waals surface area contributed by atoms with Crippen LogP contribution < -0.4 is 5.32 Å². The SMILES string of the molecule is COC1(c2ccccc2)CCN(S(=O)(=O)c2cccc(C(=O)Nc3ccc(F)c(Cl)c3)c2)CC1. The lowest BCUT2D eigenvalue weighted by Crippen LogP contribution is -2.46. The molecular formula is C25H24ClFN2O4S. The van der Waals surface area contributed by atoms with Gasteiger partial charge in [-0.05, 0) is 54.8 Å². The molecule has 0 atom stereocenters. The predicted molar refractivity (Wildman–Crippen MR) is 129 cm³/mol. The Morgan fingerprint density at radius 1 is 1.03 bits per heavy atom. The van der Waals surface area contributed by atoms with Gasteiger partial charge in [0.05, 0.1) is 15.5 Å². The van der Waals surface area contributed by atoms with Gasteiger partial charge < -0.3 is 10.1 Å². The largest absolute Gasteiger partial charge is 0.373 e. The second kappa shape index (κ2) is 9.84. The summed E-state index contributed by atoms with van der Waals surface area (Å²) in [5, 5.41) is 2.48. The zero-order valence-corrected chi connectivity index (χ0v) is 20.1. The van der Waals surface area contributed by atoms with Crippen LogP contribution in [0.4, 0.5) is 10.1 Å². The average molecular weight is 503 g/mol. The van der Waals surface area contributed by atoms with Crippen LogP contribution in [-0.2, 0) is 20.4 Å². The number of piperidine rings is 1. The first-order valence-electron chi connectivity index (χ1n) is 10.7. The van der Waals surface area contributed by atoms with E-state index >= 15 is 0 Å². The van der Waals surface area contributed by atoms with Crippen LogP contribution in [0.25, 0.3) is 0 Å². The quantitative estimate of drug-likeness (QED) is 0.511. The molecule has 178 valence electrons. The molecule has 4 rings (SSSR count). The van der Waals surface area contributed by atoms with Gasteiger partial charge in [-0.2, -0.15) is 4.31 Å². The summed E-state index contributed by atoms with van der Waals surface area (Å²) in [6.45, 7) is 0.575. The van der Waals surface area contributed by atoms with Crippen molar-refractivity contribution in [1.29, 1.82) is 0 Å². The summed E-state index contributed by atoms with van der Waals surface area (Å²) in [5.74, 6) is -1.13. The fourth-order valence-corrected chi connectivity index (χ4v) is 5.83. The lowest BCUT2D eigenvalue weighted by atomic mass is 9.85. The number of halogens is 2. The van der Waals surface area contributed by atoms with Gasteiger partial charge in [0.2, 0.25) is 10.0 Å². The van der Waals surface area contributed by atoms with Crippen molar-refractivity contribution >= 4 is 33.2 Å². The topological polar surface area (TPSA) is 75.7 Å². The number of sulfonamides is 1. The zero-order chi connectivity index (χ0) is 24.3. The Bertz CT molecular complexity index is 1290. The molecule has 3 aromatic rings. The predicted octanol–water partition coefficient (Wildman–Crippen LogP) is 5.06. The summed E-state index contributed by atoms with van der Waals surface area (Å²) in [7, 11) is -2.17. The molecule has 1 amide bonds. The Morgan fingerprint density at radius 2 is 1.74 bits per heavy atom. The van der Waals surface area contributed by atoms with Crippen LogP contribution in [0.2, 0.25) is 5.02 Å². The maximum atomic E-state index is 13.4. The van der Waals surface area contributed by atoms with Gasteiger partial charge in [-0.1, -0.05) is 48.0 Å². The molecule has 1 fully saturated rings. The minimum Gasteiger partial charge on any atom is -0.373 e. The van der Waals surface area contributed by atoms with Crippen molar-refractivity contribution in [2.24, 2.45) is 0 Å². The van der Waals surface area contributed by atoms with E-state index in [1.165, 1.54) is 40.7 Å². The smallest absolute Gasteiger partial charge is 0.255 e. The molecule has 1 heterocycles. The fraction of sp³-hybridized carbons (Fsp3) is 0.240. The van der Waals surface area contributed by atoms with Crippen molar-refractivity contribution < 1.29 is 22.3 Å². The third kappa shape index (κ3) is 4.86. The minimum atomic E-state index is -3.82. The third-order valence-electron chi connectivity index (χ3n) is 6.13. The van der Waals surface area contributed by atoms with Crippen LogP contribution >= 0.6 is 11.6 Å². The summed E-state index contributed by atoms with van der Waals surface area (Å²) in [5.41, 5.74) is 0.950. The minimum absolute atomic E-state index is 0.0296. The molecule has 0 bridgehead atoms. The van der Waals surface area contributed by atoms with Gasteiger partial charge in [0.15, 0.2) is 0 Å². The summed E-state index contributed by atoms with van der Waals surface area (Å²) < 4.78 is 47.3. The third-order valence-corrected chi connectivity index (χ3v) is 8.32. The maximum Gasteiger partial charge on any atom is 0.255 e. The first-order valence-corrected chi connectivity index (χ1v) is 12.5. The molecular weight excluding hydrogens is 479 g/mol. The van der Waals surface area contributed by atoms with Crippen LogP contribution in [-0.4, -0.2) is 38.8 Å². The molecule has 34 heavy (non-hydrogen) atoms. The number of amides is 1. The monoisotopic (exact) mass is 502 g/mol. The maximum absolute atomic E-state index is 13.4. The second-order valence-corrected chi connectivity index (χ2v) is 10.4. The normalized spacial score (nSPS) is 16.2. The van der Waals surface area contributed by atoms with Crippen LogP contribution in [0.3, 0.4) is 0 Å². The van der Waals surface area contributed by atoms with Gasteiger partial charge in [-0.3, -0.25) is 4.79 Å². The molecule has 9 heteroatoms. The molecule has 1 aliphatic rings. The number of nitrogens with zero attached hydrogens (tertiary/aromatic N) is 1. The van der Waals surface area contributed by atoms with E-state index in [2.05, 4.69) is 5.32 Å². The van der Waals surface area contributed by atoms with E-state index in [1.807, 2.05) is 30.3 Å². The van der Waals surface area contributed by atoms with Crippen molar-refractivity contribution in [3.63, 3.8) is 0 Å². The number of nitrogens with one attached hydrogen (secondary N) is 1. The van der Waals surface area contributed by atoms with Crippen molar-refractivity contribution in [3.05, 3.63) is 94.8 Å². The van der Waals surface area contributed by atoms with Crippen molar-refractivity contribution in [2.75, 3.05) is 25.5 Å². The van der Waals surface area contributed by atoms with E-state index < -0.39 is 27.3 Å². The number of anilines is 1. The fourth-order valence-electron chi connectivity index (χ4n) is 4.16. The number of rotatable bonds is 6. The van der Waals surface area contributed by atoms with Crippen LogP contribution in [0.15, 0.2) is 77.7 Å². The average Bonchev–Trinajstić information content (AvgIpc) is 2.87. The Kier molecular flexibility index (Phi) is 7.04. The van der Waals surface area contributed by atoms with Crippen LogP contribution in [0, 0.1) is 5.82 Å². The van der Waals surface area contributed by atoms with E-state index in [-0.39, 0.29) is 28.6 Å². The highest BCUT2D eigenvalue weighted by molar-refractivity contribution is 7.89. The van der Waals surface area contributed by atoms with E-state index in [0.29, 0.717) is 18.5 Å². The Hall–Kier alpha value is -2.78. The molecule has 0 aromatic heterocycles. The zero-order valence-electron chi connectivity index (χ0n) is 18.5. The molecule has 1 saturated heterocycles. The summed E-state index contributed by atoms with van der Waals surface area (Å²) >= 11 is 5.76. The lowest BCUT2D eigenvalue weighted by molar-refractivity contribution is -0.0507. The van der Waals surface area contributed by atoms with Gasteiger partial charge in [0, 0.05) is 31.5 Å². The van der Waals surface area contributed by atoms with Crippen molar-refractivity contribution in [3.8, 4) is 0 Å². The van der Waals surface area contributed by atoms with Crippen molar-refractivity contribution in [1.82, 2.24) is 4.31 Å². The Balaban J connectivity index is 1.50. The molecule has 1 aliphatic heterocycles. The van der Waals surface area contributed by atoms with Crippen LogP contribution in [0.5, 0.6) is 0 Å². The second-order valence-electron chi connectivity index (χ2n) is 8.08. The van der Waals surface area contributed by atoms with E-state index in [0.717, 1.165) is 11.6 Å². The highest BCUT2D eigenvalue weighted by Gasteiger charge is 2.40. The van der Waals surface area contributed by atoms with Gasteiger partial charge in [-0.25, -0.2) is 12.8 Å². The Labute approximate surface area is 203 Å². The molecule has 1 N–H and O–H groups in total. The van der Waals surface area contributed by atoms with Gasteiger partial charge in [-0.15, -0.1) is 0 Å². The van der Waals surface area contributed by atoms with E-state index in [9.17, 15) is 17.6 Å². The van der Waals surface area contributed by atoms with Gasteiger partial charge in [0.1, 0.15) is 5.82 Å². The lowest BCUT2D eigenvalue weighted by Gasteiger charge is -2.40. The van der Waals surface area contributed by atoms with E-state index in [1.54, 1.807) is 7.11 Å². The molecule has 6 nitrogen and oxygen atoms in total.